The Labute approximate surface area is 89.6 Å². The van der Waals surface area contributed by atoms with Crippen molar-refractivity contribution < 1.29 is 30.0 Å². The van der Waals surface area contributed by atoms with E-state index in [0.717, 1.165) is 0 Å². The zero-order chi connectivity index (χ0) is 12.7. The number of ketones is 2. The highest BCUT2D eigenvalue weighted by atomic mass is 16.4. The van der Waals surface area contributed by atoms with Gasteiger partial charge in [0.1, 0.15) is 18.3 Å². The fourth-order valence-electron chi connectivity index (χ4n) is 0.812. The van der Waals surface area contributed by atoms with Crippen molar-refractivity contribution in [1.29, 1.82) is 0 Å². The highest BCUT2D eigenvalue weighted by Gasteiger charge is 2.33. The third-order valence-corrected chi connectivity index (χ3v) is 1.73. The van der Waals surface area contributed by atoms with Gasteiger partial charge in [-0.2, -0.15) is 0 Å². The van der Waals surface area contributed by atoms with Crippen LogP contribution in [0.25, 0.3) is 10.4 Å². The number of aliphatic hydroxyl groups is 4. The number of hydrogen-bond acceptors (Lipinski definition) is 7. The summed E-state index contributed by atoms with van der Waals surface area (Å²) in [5.74, 6) is -2.60. The molecule has 0 aliphatic rings. The third kappa shape index (κ3) is 3.93. The maximum Gasteiger partial charge on any atom is 0.229 e. The summed E-state index contributed by atoms with van der Waals surface area (Å²) < 4.78 is 0. The van der Waals surface area contributed by atoms with Crippen LogP contribution in [-0.4, -0.2) is 63.5 Å². The molecule has 0 unspecified atom stereocenters. The summed E-state index contributed by atoms with van der Waals surface area (Å²) in [4.78, 5) is 24.2. The fourth-order valence-corrected chi connectivity index (χ4v) is 0.812. The summed E-state index contributed by atoms with van der Waals surface area (Å²) in [6.45, 7) is -1.66. The van der Waals surface area contributed by atoms with Crippen LogP contribution in [0.4, 0.5) is 0 Å². The summed E-state index contributed by atoms with van der Waals surface area (Å²) in [6, 6.07) is 0. The van der Waals surface area contributed by atoms with Crippen LogP contribution < -0.4 is 0 Å². The quantitative estimate of drug-likeness (QED) is 0.164. The van der Waals surface area contributed by atoms with E-state index in [1.54, 1.807) is 0 Å². The van der Waals surface area contributed by atoms with E-state index in [-0.39, 0.29) is 0 Å². The second-order valence-corrected chi connectivity index (χ2v) is 2.86. The summed E-state index contributed by atoms with van der Waals surface area (Å²) >= 11 is 0. The number of nitrogens with zero attached hydrogens (tertiary/aromatic N) is 3. The molecular weight excluding hydrogens is 222 g/mol. The van der Waals surface area contributed by atoms with Gasteiger partial charge >= 0.3 is 0 Å². The zero-order valence-electron chi connectivity index (χ0n) is 8.09. The molecule has 0 spiro atoms. The van der Waals surface area contributed by atoms with Crippen molar-refractivity contribution >= 4 is 11.6 Å². The van der Waals surface area contributed by atoms with E-state index in [1.807, 2.05) is 0 Å². The monoisotopic (exact) mass is 233 g/mol. The molecule has 0 fully saturated rings. The molecule has 0 aliphatic heterocycles. The second kappa shape index (κ2) is 6.88. The van der Waals surface area contributed by atoms with Crippen LogP contribution in [0.2, 0.25) is 0 Å². The largest absolute Gasteiger partial charge is 0.394 e. The van der Waals surface area contributed by atoms with Crippen LogP contribution in [0.15, 0.2) is 5.11 Å². The molecule has 16 heavy (non-hydrogen) atoms. The molecule has 0 rings (SSSR count). The molecule has 9 nitrogen and oxygen atoms in total. The van der Waals surface area contributed by atoms with E-state index in [2.05, 4.69) is 10.0 Å². The SMILES string of the molecule is [N-]=[N+]=NCC(=O)C(=O)[C@@H](O)[C@H](O)[C@H](O)CO. The highest BCUT2D eigenvalue weighted by molar-refractivity contribution is 6.39. The first-order chi connectivity index (χ1) is 7.45. The average molecular weight is 233 g/mol. The van der Waals surface area contributed by atoms with Gasteiger partial charge < -0.3 is 20.4 Å². The van der Waals surface area contributed by atoms with Gasteiger partial charge in [-0.3, -0.25) is 9.59 Å². The molecule has 3 atom stereocenters. The van der Waals surface area contributed by atoms with E-state index in [4.69, 9.17) is 26.0 Å². The van der Waals surface area contributed by atoms with Gasteiger partial charge in [0.05, 0.1) is 13.2 Å². The lowest BCUT2D eigenvalue weighted by atomic mass is 10.0. The lowest BCUT2D eigenvalue weighted by Gasteiger charge is -2.19. The zero-order valence-corrected chi connectivity index (χ0v) is 8.09. The van der Waals surface area contributed by atoms with Crippen molar-refractivity contribution in [3.8, 4) is 0 Å². The lowest BCUT2D eigenvalue weighted by Crippen LogP contribution is -2.46. The standard InChI is InChI=1S/C7H11N3O6/c8-10-9-1-3(12)5(14)7(16)6(15)4(13)2-11/h4,6-7,11,13,15-16H,1-2H2/t4-,6-,7-/m1/s1. The molecule has 0 radical (unpaired) electrons. The molecule has 90 valence electrons. The fraction of sp³-hybridized carbons (Fsp3) is 0.714. The molecular formula is C7H11N3O6. The first kappa shape index (κ1) is 14.5. The summed E-state index contributed by atoms with van der Waals surface area (Å²) in [5.41, 5.74) is 7.88. The van der Waals surface area contributed by atoms with Crippen molar-refractivity contribution in [2.24, 2.45) is 5.11 Å². The minimum Gasteiger partial charge on any atom is -0.394 e. The Morgan fingerprint density at radius 1 is 1.31 bits per heavy atom. The molecule has 0 aromatic heterocycles. The van der Waals surface area contributed by atoms with Crippen molar-refractivity contribution in [3.05, 3.63) is 10.4 Å². The van der Waals surface area contributed by atoms with Crippen molar-refractivity contribution in [2.75, 3.05) is 13.2 Å². The number of hydrogen-bond donors (Lipinski definition) is 4. The van der Waals surface area contributed by atoms with Crippen LogP contribution in [0.1, 0.15) is 0 Å². The van der Waals surface area contributed by atoms with E-state index in [1.165, 1.54) is 0 Å². The van der Waals surface area contributed by atoms with Gasteiger partial charge in [0.2, 0.25) is 11.6 Å². The summed E-state index contributed by atoms with van der Waals surface area (Å²) in [5, 5.41) is 38.4. The number of azide groups is 1. The molecule has 4 N–H and O–H groups in total. The Morgan fingerprint density at radius 3 is 2.31 bits per heavy atom. The predicted octanol–water partition coefficient (Wildman–Crippen LogP) is -2.49. The summed E-state index contributed by atoms with van der Waals surface area (Å²) in [7, 11) is 0. The van der Waals surface area contributed by atoms with E-state index in [9.17, 15) is 9.59 Å². The minimum absolute atomic E-state index is 0.783. The first-order valence-electron chi connectivity index (χ1n) is 4.18. The van der Waals surface area contributed by atoms with Crippen molar-refractivity contribution in [3.63, 3.8) is 0 Å². The molecule has 0 saturated heterocycles. The van der Waals surface area contributed by atoms with Gasteiger partial charge in [-0.25, -0.2) is 0 Å². The minimum atomic E-state index is -2.16. The van der Waals surface area contributed by atoms with Crippen LogP contribution >= 0.6 is 0 Å². The number of carbonyl (C=O) groups is 2. The molecule has 0 aromatic carbocycles. The van der Waals surface area contributed by atoms with Crippen LogP contribution in [-0.2, 0) is 9.59 Å². The maximum atomic E-state index is 11.1. The van der Waals surface area contributed by atoms with E-state index >= 15 is 0 Å². The Morgan fingerprint density at radius 2 is 1.88 bits per heavy atom. The average Bonchev–Trinajstić information content (AvgIpc) is 2.31. The van der Waals surface area contributed by atoms with Crippen LogP contribution in [0.3, 0.4) is 0 Å². The van der Waals surface area contributed by atoms with E-state index < -0.39 is 43.0 Å². The van der Waals surface area contributed by atoms with Crippen LogP contribution in [0.5, 0.6) is 0 Å². The smallest absolute Gasteiger partial charge is 0.229 e. The number of aliphatic hydroxyl groups excluding tert-OH is 4. The number of carbonyl (C=O) groups excluding carboxylic acids is 2. The predicted molar refractivity (Wildman–Crippen MR) is 49.1 cm³/mol. The first-order valence-corrected chi connectivity index (χ1v) is 4.18. The van der Waals surface area contributed by atoms with Crippen molar-refractivity contribution in [1.82, 2.24) is 0 Å². The molecule has 0 heterocycles. The third-order valence-electron chi connectivity index (χ3n) is 1.73. The Bertz CT molecular complexity index is 313. The van der Waals surface area contributed by atoms with E-state index in [0.29, 0.717) is 0 Å². The molecule has 9 heteroatoms. The lowest BCUT2D eigenvalue weighted by molar-refractivity contribution is -0.149. The highest BCUT2D eigenvalue weighted by Crippen LogP contribution is 2.02. The van der Waals surface area contributed by atoms with Gasteiger partial charge in [-0.1, -0.05) is 5.11 Å². The Kier molecular flexibility index (Phi) is 6.23. The number of rotatable bonds is 7. The Hall–Kier alpha value is -1.51. The molecule has 0 bridgehead atoms. The second-order valence-electron chi connectivity index (χ2n) is 2.86. The summed E-state index contributed by atoms with van der Waals surface area (Å²) in [6.07, 6.45) is -5.89. The topological polar surface area (TPSA) is 164 Å². The molecule has 0 aliphatic carbocycles. The van der Waals surface area contributed by atoms with Gasteiger partial charge in [0.25, 0.3) is 0 Å². The normalized spacial score (nSPS) is 15.8. The Balaban J connectivity index is 4.48. The van der Waals surface area contributed by atoms with Gasteiger partial charge in [0, 0.05) is 4.91 Å². The van der Waals surface area contributed by atoms with Crippen LogP contribution in [0, 0.1) is 0 Å². The molecule has 0 saturated carbocycles. The number of Topliss-reactive ketones (excluding diaryl/α,β-unsaturated/α-hetero) is 2. The molecule has 0 aromatic rings. The van der Waals surface area contributed by atoms with Gasteiger partial charge in [-0.05, 0) is 5.53 Å². The van der Waals surface area contributed by atoms with Gasteiger partial charge in [-0.15, -0.1) is 0 Å². The maximum absolute atomic E-state index is 11.1. The molecule has 0 amide bonds. The van der Waals surface area contributed by atoms with Gasteiger partial charge in [0.15, 0.2) is 0 Å². The van der Waals surface area contributed by atoms with Crippen molar-refractivity contribution in [2.45, 2.75) is 18.3 Å².